The highest BCUT2D eigenvalue weighted by atomic mass is 16.5. The highest BCUT2D eigenvalue weighted by molar-refractivity contribution is 5.92. The number of methoxy groups -OCH3 is 1. The molecule has 3 rings (SSSR count). The lowest BCUT2D eigenvalue weighted by atomic mass is 9.95. The van der Waals surface area contributed by atoms with Crippen LogP contribution in [0.25, 0.3) is 0 Å². The number of carbonyl (C=O) groups is 1. The smallest absolute Gasteiger partial charge is 0.259 e. The second kappa shape index (κ2) is 4.08. The number of nitrogens with zero attached hydrogens (tertiary/aromatic N) is 3. The maximum absolute atomic E-state index is 12.5. The summed E-state index contributed by atoms with van der Waals surface area (Å²) in [5.74, 6) is 0.803. The van der Waals surface area contributed by atoms with Crippen molar-refractivity contribution < 1.29 is 9.53 Å². The fraction of sp³-hybridized carbons (Fsp3) is 0.308. The maximum atomic E-state index is 12.5. The molecule has 1 fully saturated rings. The molecule has 0 aliphatic heterocycles. The van der Waals surface area contributed by atoms with Gasteiger partial charge < -0.3 is 10.5 Å². The minimum absolute atomic E-state index is 0.0816. The van der Waals surface area contributed by atoms with Crippen molar-refractivity contribution in [2.45, 2.75) is 18.3 Å². The fourth-order valence-corrected chi connectivity index (χ4v) is 2.25. The van der Waals surface area contributed by atoms with Gasteiger partial charge in [0.25, 0.3) is 5.91 Å². The summed E-state index contributed by atoms with van der Waals surface area (Å²) in [7, 11) is 1.62. The lowest BCUT2D eigenvalue weighted by Crippen LogP contribution is -2.27. The van der Waals surface area contributed by atoms with E-state index in [0.717, 1.165) is 24.2 Å². The number of nitrogen functional groups attached to an aromatic ring is 1. The van der Waals surface area contributed by atoms with Crippen molar-refractivity contribution in [3.05, 3.63) is 36.2 Å². The average molecular weight is 258 g/mol. The Morgan fingerprint density at radius 1 is 1.37 bits per heavy atom. The predicted octanol–water partition coefficient (Wildman–Crippen LogP) is 1.24. The summed E-state index contributed by atoms with van der Waals surface area (Å²) in [4.78, 5) is 16.3. The summed E-state index contributed by atoms with van der Waals surface area (Å²) < 4.78 is 6.35. The molecule has 0 radical (unpaired) electrons. The van der Waals surface area contributed by atoms with Crippen LogP contribution in [0.1, 0.15) is 23.2 Å². The first-order valence-electron chi connectivity index (χ1n) is 6.02. The molecular weight excluding hydrogens is 244 g/mol. The Labute approximate surface area is 110 Å². The second-order valence-corrected chi connectivity index (χ2v) is 4.66. The number of anilines is 1. The van der Waals surface area contributed by atoms with Crippen LogP contribution in [0.4, 0.5) is 5.95 Å². The van der Waals surface area contributed by atoms with Gasteiger partial charge >= 0.3 is 0 Å². The van der Waals surface area contributed by atoms with Crippen LogP contribution in [0.15, 0.2) is 30.6 Å². The molecule has 1 saturated carbocycles. The summed E-state index contributed by atoms with van der Waals surface area (Å²) in [6, 6.07) is 7.56. The van der Waals surface area contributed by atoms with Crippen LogP contribution in [-0.2, 0) is 5.41 Å². The average Bonchev–Trinajstić information content (AvgIpc) is 3.14. The van der Waals surface area contributed by atoms with Crippen molar-refractivity contribution in [2.75, 3.05) is 12.8 Å². The molecule has 0 atom stereocenters. The van der Waals surface area contributed by atoms with Gasteiger partial charge in [0, 0.05) is 0 Å². The zero-order chi connectivity index (χ0) is 13.5. The first kappa shape index (κ1) is 11.7. The lowest BCUT2D eigenvalue weighted by molar-refractivity contribution is 0.0845. The van der Waals surface area contributed by atoms with E-state index in [9.17, 15) is 4.79 Å². The normalized spacial score (nSPS) is 16.1. The Kier molecular flexibility index (Phi) is 2.51. The van der Waals surface area contributed by atoms with Crippen LogP contribution in [0, 0.1) is 0 Å². The highest BCUT2D eigenvalue weighted by Crippen LogP contribution is 2.49. The summed E-state index contributed by atoms with van der Waals surface area (Å²) in [6.45, 7) is 0. The zero-order valence-corrected chi connectivity index (χ0v) is 10.5. The molecular formula is C13H14N4O2. The first-order chi connectivity index (χ1) is 9.15. The van der Waals surface area contributed by atoms with Crippen molar-refractivity contribution in [1.82, 2.24) is 14.8 Å². The van der Waals surface area contributed by atoms with Crippen molar-refractivity contribution >= 4 is 11.9 Å². The van der Waals surface area contributed by atoms with Crippen molar-refractivity contribution in [3.63, 3.8) is 0 Å². The van der Waals surface area contributed by atoms with E-state index in [4.69, 9.17) is 10.5 Å². The fourth-order valence-electron chi connectivity index (χ4n) is 2.25. The number of rotatable bonds is 3. The predicted molar refractivity (Wildman–Crippen MR) is 69.0 cm³/mol. The first-order valence-corrected chi connectivity index (χ1v) is 6.02. The number of carbonyl (C=O) groups excluding carboxylic acids is 1. The molecule has 1 aliphatic rings. The molecule has 98 valence electrons. The van der Waals surface area contributed by atoms with Crippen LogP contribution in [0.3, 0.4) is 0 Å². The zero-order valence-electron chi connectivity index (χ0n) is 10.5. The molecule has 19 heavy (non-hydrogen) atoms. The molecule has 1 heterocycles. The Bertz CT molecular complexity index is 614. The highest BCUT2D eigenvalue weighted by Gasteiger charge is 2.52. The molecule has 0 spiro atoms. The largest absolute Gasteiger partial charge is 0.497 e. The monoisotopic (exact) mass is 258 g/mol. The van der Waals surface area contributed by atoms with E-state index in [1.54, 1.807) is 7.11 Å². The quantitative estimate of drug-likeness (QED) is 0.895. The van der Waals surface area contributed by atoms with Crippen LogP contribution in [-0.4, -0.2) is 27.8 Å². The molecule has 6 nitrogen and oxygen atoms in total. The van der Waals surface area contributed by atoms with Crippen LogP contribution >= 0.6 is 0 Å². The summed E-state index contributed by atoms with van der Waals surface area (Å²) in [6.07, 6.45) is 3.00. The Hall–Kier alpha value is -2.37. The van der Waals surface area contributed by atoms with E-state index in [1.165, 1.54) is 11.0 Å². The third kappa shape index (κ3) is 1.85. The van der Waals surface area contributed by atoms with E-state index in [1.807, 2.05) is 24.3 Å². The van der Waals surface area contributed by atoms with Crippen molar-refractivity contribution in [1.29, 1.82) is 0 Å². The van der Waals surface area contributed by atoms with Gasteiger partial charge in [0.2, 0.25) is 5.95 Å². The van der Waals surface area contributed by atoms with Gasteiger partial charge in [0.15, 0.2) is 0 Å². The number of nitrogens with two attached hydrogens (primary N) is 1. The number of ether oxygens (including phenoxy) is 1. The topological polar surface area (TPSA) is 83.0 Å². The van der Waals surface area contributed by atoms with E-state index in [-0.39, 0.29) is 11.9 Å². The number of benzene rings is 1. The lowest BCUT2D eigenvalue weighted by Gasteiger charge is -2.14. The van der Waals surface area contributed by atoms with E-state index in [0.29, 0.717) is 0 Å². The molecule has 0 saturated heterocycles. The molecule has 2 aromatic rings. The summed E-state index contributed by atoms with van der Waals surface area (Å²) in [5.41, 5.74) is 5.94. The van der Waals surface area contributed by atoms with E-state index in [2.05, 4.69) is 10.1 Å². The molecule has 6 heteroatoms. The number of aromatic nitrogens is 3. The summed E-state index contributed by atoms with van der Waals surface area (Å²) in [5, 5.41) is 3.89. The maximum Gasteiger partial charge on any atom is 0.259 e. The van der Waals surface area contributed by atoms with Crippen LogP contribution < -0.4 is 10.5 Å². The molecule has 0 unspecified atom stereocenters. The Morgan fingerprint density at radius 3 is 2.53 bits per heavy atom. The van der Waals surface area contributed by atoms with Crippen molar-refractivity contribution in [2.24, 2.45) is 0 Å². The molecule has 1 aliphatic carbocycles. The minimum Gasteiger partial charge on any atom is -0.497 e. The van der Waals surface area contributed by atoms with Gasteiger partial charge in [-0.2, -0.15) is 4.68 Å². The van der Waals surface area contributed by atoms with Gasteiger partial charge in [0.1, 0.15) is 12.1 Å². The van der Waals surface area contributed by atoms with Gasteiger partial charge in [-0.25, -0.2) is 4.98 Å². The van der Waals surface area contributed by atoms with E-state index >= 15 is 0 Å². The van der Waals surface area contributed by atoms with E-state index < -0.39 is 5.41 Å². The van der Waals surface area contributed by atoms with Gasteiger partial charge in [-0.1, -0.05) is 12.1 Å². The third-order valence-corrected chi connectivity index (χ3v) is 3.52. The second-order valence-electron chi connectivity index (χ2n) is 4.66. The minimum atomic E-state index is -0.480. The SMILES string of the molecule is COc1ccc(C2(C(=O)n3cnc(N)n3)CC2)cc1. The molecule has 0 amide bonds. The van der Waals surface area contributed by atoms with Crippen LogP contribution in [0.5, 0.6) is 5.75 Å². The Balaban J connectivity index is 1.92. The third-order valence-electron chi connectivity index (χ3n) is 3.52. The standard InChI is InChI=1S/C13H14N4O2/c1-19-10-4-2-9(3-5-10)13(6-7-13)11(18)17-8-15-12(14)16-17/h2-5,8H,6-7H2,1H3,(H2,14,16). The van der Waals surface area contributed by atoms with Gasteiger partial charge in [-0.15, -0.1) is 5.10 Å². The number of hydrogen-bond acceptors (Lipinski definition) is 5. The van der Waals surface area contributed by atoms with Gasteiger partial charge in [-0.05, 0) is 30.5 Å². The van der Waals surface area contributed by atoms with Gasteiger partial charge in [-0.3, -0.25) is 4.79 Å². The van der Waals surface area contributed by atoms with Crippen LogP contribution in [0.2, 0.25) is 0 Å². The molecule has 0 bridgehead atoms. The molecule has 1 aromatic heterocycles. The molecule has 2 N–H and O–H groups in total. The number of hydrogen-bond donors (Lipinski definition) is 1. The molecule has 1 aromatic carbocycles. The van der Waals surface area contributed by atoms with Crippen molar-refractivity contribution in [3.8, 4) is 5.75 Å². The summed E-state index contributed by atoms with van der Waals surface area (Å²) >= 11 is 0. The Morgan fingerprint density at radius 2 is 2.05 bits per heavy atom. The van der Waals surface area contributed by atoms with Gasteiger partial charge in [0.05, 0.1) is 12.5 Å².